The van der Waals surface area contributed by atoms with Crippen LogP contribution in [0.5, 0.6) is 0 Å². The fourth-order valence-electron chi connectivity index (χ4n) is 3.19. The third kappa shape index (κ3) is 5.83. The number of amides is 2. The number of aromatic nitrogens is 2. The van der Waals surface area contributed by atoms with E-state index in [1.807, 2.05) is 37.6 Å². The number of benzene rings is 2. The SMILES string of the molecule is CCOCCCNC(=O)c1cccc(NC(=O)c2ccc(-n3nc(C)c(Br)c3C)cc2)c1. The lowest BCUT2D eigenvalue weighted by molar-refractivity contribution is 0.0943. The van der Waals surface area contributed by atoms with Crippen LogP contribution >= 0.6 is 15.9 Å². The summed E-state index contributed by atoms with van der Waals surface area (Å²) in [6.07, 6.45) is 0.751. The average molecular weight is 499 g/mol. The van der Waals surface area contributed by atoms with E-state index in [1.165, 1.54) is 0 Å². The van der Waals surface area contributed by atoms with Gasteiger partial charge in [0.05, 0.1) is 21.5 Å². The molecule has 2 amide bonds. The Bertz CT molecular complexity index is 1090. The van der Waals surface area contributed by atoms with Gasteiger partial charge in [0.2, 0.25) is 0 Å². The van der Waals surface area contributed by atoms with Crippen LogP contribution in [0, 0.1) is 13.8 Å². The smallest absolute Gasteiger partial charge is 0.255 e. The Morgan fingerprint density at radius 3 is 2.47 bits per heavy atom. The van der Waals surface area contributed by atoms with E-state index >= 15 is 0 Å². The first-order chi connectivity index (χ1) is 15.4. The molecule has 7 nitrogen and oxygen atoms in total. The van der Waals surface area contributed by atoms with Gasteiger partial charge >= 0.3 is 0 Å². The number of halogens is 1. The summed E-state index contributed by atoms with van der Waals surface area (Å²) in [4.78, 5) is 25.0. The van der Waals surface area contributed by atoms with Gasteiger partial charge in [0, 0.05) is 36.6 Å². The van der Waals surface area contributed by atoms with Crippen molar-refractivity contribution >= 4 is 33.4 Å². The maximum absolute atomic E-state index is 12.7. The van der Waals surface area contributed by atoms with Crippen molar-refractivity contribution in [2.24, 2.45) is 0 Å². The van der Waals surface area contributed by atoms with Gasteiger partial charge in [-0.25, -0.2) is 4.68 Å². The summed E-state index contributed by atoms with van der Waals surface area (Å²) in [6, 6.07) is 14.1. The Kier molecular flexibility index (Phi) is 8.19. The molecule has 0 fully saturated rings. The average Bonchev–Trinajstić information content (AvgIpc) is 3.06. The van der Waals surface area contributed by atoms with Crippen molar-refractivity contribution in [3.8, 4) is 5.69 Å². The molecule has 0 bridgehead atoms. The molecule has 32 heavy (non-hydrogen) atoms. The highest BCUT2D eigenvalue weighted by atomic mass is 79.9. The van der Waals surface area contributed by atoms with Gasteiger partial charge in [-0.05, 0) is 85.6 Å². The van der Waals surface area contributed by atoms with Crippen LogP contribution in [-0.4, -0.2) is 41.4 Å². The predicted molar refractivity (Wildman–Crippen MR) is 129 cm³/mol. The van der Waals surface area contributed by atoms with E-state index in [4.69, 9.17) is 4.74 Å². The summed E-state index contributed by atoms with van der Waals surface area (Å²) in [7, 11) is 0. The quantitative estimate of drug-likeness (QED) is 0.420. The molecule has 2 aromatic carbocycles. The van der Waals surface area contributed by atoms with Gasteiger partial charge in [0.15, 0.2) is 0 Å². The lowest BCUT2D eigenvalue weighted by Gasteiger charge is -2.09. The molecule has 0 unspecified atom stereocenters. The van der Waals surface area contributed by atoms with E-state index in [0.717, 1.165) is 28.0 Å². The molecular formula is C24H27BrN4O3. The first-order valence-corrected chi connectivity index (χ1v) is 11.3. The summed E-state index contributed by atoms with van der Waals surface area (Å²) >= 11 is 3.53. The van der Waals surface area contributed by atoms with Crippen LogP contribution in [0.2, 0.25) is 0 Å². The normalized spacial score (nSPS) is 10.8. The number of rotatable bonds is 9. The van der Waals surface area contributed by atoms with Crippen LogP contribution in [0.4, 0.5) is 5.69 Å². The van der Waals surface area contributed by atoms with Crippen molar-refractivity contribution < 1.29 is 14.3 Å². The third-order valence-electron chi connectivity index (χ3n) is 4.91. The van der Waals surface area contributed by atoms with Crippen LogP contribution in [0.1, 0.15) is 45.4 Å². The molecule has 168 valence electrons. The largest absolute Gasteiger partial charge is 0.382 e. The molecular weight excluding hydrogens is 472 g/mol. The van der Waals surface area contributed by atoms with Gasteiger partial charge < -0.3 is 15.4 Å². The number of nitrogens with zero attached hydrogens (tertiary/aromatic N) is 2. The number of aryl methyl sites for hydroxylation is 1. The Balaban J connectivity index is 1.62. The van der Waals surface area contributed by atoms with E-state index in [1.54, 1.807) is 36.4 Å². The minimum atomic E-state index is -0.250. The highest BCUT2D eigenvalue weighted by Crippen LogP contribution is 2.23. The van der Waals surface area contributed by atoms with Crippen LogP contribution in [0.15, 0.2) is 53.0 Å². The molecule has 0 aliphatic heterocycles. The lowest BCUT2D eigenvalue weighted by Crippen LogP contribution is -2.25. The second kappa shape index (κ2) is 11.1. The van der Waals surface area contributed by atoms with E-state index in [-0.39, 0.29) is 11.8 Å². The van der Waals surface area contributed by atoms with E-state index in [9.17, 15) is 9.59 Å². The third-order valence-corrected chi connectivity index (χ3v) is 6.06. The van der Waals surface area contributed by atoms with Crippen molar-refractivity contribution in [3.63, 3.8) is 0 Å². The van der Waals surface area contributed by atoms with Crippen molar-refractivity contribution in [1.82, 2.24) is 15.1 Å². The van der Waals surface area contributed by atoms with Crippen LogP contribution in [-0.2, 0) is 4.74 Å². The zero-order valence-electron chi connectivity index (χ0n) is 18.4. The highest BCUT2D eigenvalue weighted by Gasteiger charge is 2.12. The Morgan fingerprint density at radius 2 is 1.81 bits per heavy atom. The van der Waals surface area contributed by atoms with Gasteiger partial charge in [-0.15, -0.1) is 0 Å². The highest BCUT2D eigenvalue weighted by molar-refractivity contribution is 9.10. The Hall–Kier alpha value is -2.97. The molecule has 0 spiro atoms. The fourth-order valence-corrected chi connectivity index (χ4v) is 3.44. The molecule has 1 aromatic heterocycles. The summed E-state index contributed by atoms with van der Waals surface area (Å²) in [5.74, 6) is -0.432. The number of carbonyl (C=O) groups excluding carboxylic acids is 2. The molecule has 3 rings (SSSR count). The van der Waals surface area contributed by atoms with Crippen molar-refractivity contribution in [1.29, 1.82) is 0 Å². The van der Waals surface area contributed by atoms with Crippen molar-refractivity contribution in [2.75, 3.05) is 25.1 Å². The molecule has 8 heteroatoms. The fraction of sp³-hybridized carbons (Fsp3) is 0.292. The number of hydrogen-bond donors (Lipinski definition) is 2. The zero-order valence-corrected chi connectivity index (χ0v) is 20.0. The first kappa shape index (κ1) is 23.7. The monoisotopic (exact) mass is 498 g/mol. The standard InChI is InChI=1S/C24H27BrN4O3/c1-4-32-14-6-13-26-23(30)19-7-5-8-20(15-19)27-24(31)18-9-11-21(12-10-18)29-17(3)22(25)16(2)28-29/h5,7-12,15H,4,6,13-14H2,1-3H3,(H,26,30)(H,27,31). The second-order valence-corrected chi connectivity index (χ2v) is 8.08. The minimum absolute atomic E-state index is 0.182. The number of ether oxygens (including phenoxy) is 1. The summed E-state index contributed by atoms with van der Waals surface area (Å²) in [6.45, 7) is 7.67. The number of nitrogens with one attached hydrogen (secondary N) is 2. The van der Waals surface area contributed by atoms with Gasteiger partial charge in [-0.1, -0.05) is 6.07 Å². The van der Waals surface area contributed by atoms with E-state index in [0.29, 0.717) is 36.6 Å². The molecule has 3 aromatic rings. The van der Waals surface area contributed by atoms with Gasteiger partial charge in [-0.3, -0.25) is 9.59 Å². The molecule has 0 aliphatic rings. The second-order valence-electron chi connectivity index (χ2n) is 7.28. The number of hydrogen-bond acceptors (Lipinski definition) is 4. The number of carbonyl (C=O) groups is 2. The van der Waals surface area contributed by atoms with Crippen LogP contribution in [0.25, 0.3) is 5.69 Å². The summed E-state index contributed by atoms with van der Waals surface area (Å²) in [5.41, 5.74) is 4.33. The van der Waals surface area contributed by atoms with Crippen molar-refractivity contribution in [3.05, 3.63) is 75.5 Å². The number of anilines is 1. The zero-order chi connectivity index (χ0) is 23.1. The maximum Gasteiger partial charge on any atom is 0.255 e. The topological polar surface area (TPSA) is 85.3 Å². The molecule has 0 atom stereocenters. The van der Waals surface area contributed by atoms with E-state index in [2.05, 4.69) is 31.7 Å². The maximum atomic E-state index is 12.7. The predicted octanol–water partition coefficient (Wildman–Crippen LogP) is 4.66. The molecule has 0 aliphatic carbocycles. The molecule has 2 N–H and O–H groups in total. The molecule has 1 heterocycles. The van der Waals surface area contributed by atoms with Crippen LogP contribution in [0.3, 0.4) is 0 Å². The van der Waals surface area contributed by atoms with Crippen LogP contribution < -0.4 is 10.6 Å². The van der Waals surface area contributed by atoms with Crippen molar-refractivity contribution in [2.45, 2.75) is 27.2 Å². The van der Waals surface area contributed by atoms with Gasteiger partial charge in [-0.2, -0.15) is 5.10 Å². The molecule has 0 saturated carbocycles. The summed E-state index contributed by atoms with van der Waals surface area (Å²) in [5, 5.41) is 10.2. The van der Waals surface area contributed by atoms with Gasteiger partial charge in [0.25, 0.3) is 11.8 Å². The molecule has 0 radical (unpaired) electrons. The summed E-state index contributed by atoms with van der Waals surface area (Å²) < 4.78 is 8.07. The lowest BCUT2D eigenvalue weighted by atomic mass is 10.1. The Morgan fingerprint density at radius 1 is 1.06 bits per heavy atom. The first-order valence-electron chi connectivity index (χ1n) is 10.5. The Labute approximate surface area is 196 Å². The van der Waals surface area contributed by atoms with E-state index < -0.39 is 0 Å². The minimum Gasteiger partial charge on any atom is -0.382 e. The molecule has 0 saturated heterocycles. The van der Waals surface area contributed by atoms with Gasteiger partial charge in [0.1, 0.15) is 0 Å².